The molecule has 0 radical (unpaired) electrons. The summed E-state index contributed by atoms with van der Waals surface area (Å²) < 4.78 is 1.71. The molecule has 1 aromatic rings. The summed E-state index contributed by atoms with van der Waals surface area (Å²) in [6.45, 7) is 1.78. The molecule has 3 N–H and O–H groups in total. The molecule has 1 aliphatic carbocycles. The molecule has 1 aliphatic rings. The summed E-state index contributed by atoms with van der Waals surface area (Å²) in [7, 11) is 1.78. The molecule has 0 spiro atoms. The van der Waals surface area contributed by atoms with Crippen molar-refractivity contribution in [2.24, 2.45) is 7.05 Å². The van der Waals surface area contributed by atoms with E-state index in [9.17, 15) is 14.7 Å². The standard InChI is InChI=1S/C13H21N5O3/c1-9(10-17-14-8-18(10)2)15-12(21)16-13(11(19)20)6-4-3-5-7-13/h8-9H,3-7H2,1-2H3,(H,19,20)(H2,15,16,21). The van der Waals surface area contributed by atoms with Gasteiger partial charge in [-0.2, -0.15) is 0 Å². The van der Waals surface area contributed by atoms with Crippen molar-refractivity contribution >= 4 is 12.0 Å². The molecule has 1 atom stereocenters. The third-order valence-corrected chi connectivity index (χ3v) is 3.95. The lowest BCUT2D eigenvalue weighted by molar-refractivity contribution is -0.145. The number of carboxylic acids is 1. The normalized spacial score (nSPS) is 18.8. The fourth-order valence-electron chi connectivity index (χ4n) is 2.75. The zero-order chi connectivity index (χ0) is 15.5. The smallest absolute Gasteiger partial charge is 0.329 e. The van der Waals surface area contributed by atoms with Crippen LogP contribution in [0.25, 0.3) is 0 Å². The van der Waals surface area contributed by atoms with E-state index < -0.39 is 17.5 Å². The van der Waals surface area contributed by atoms with Gasteiger partial charge in [-0.3, -0.25) is 0 Å². The molecule has 0 aromatic carbocycles. The van der Waals surface area contributed by atoms with Crippen LogP contribution >= 0.6 is 0 Å². The zero-order valence-corrected chi connectivity index (χ0v) is 12.3. The minimum Gasteiger partial charge on any atom is -0.480 e. The molecule has 2 rings (SSSR count). The van der Waals surface area contributed by atoms with Gasteiger partial charge in [0.05, 0.1) is 6.04 Å². The van der Waals surface area contributed by atoms with E-state index in [1.165, 1.54) is 0 Å². The van der Waals surface area contributed by atoms with Gasteiger partial charge in [0, 0.05) is 7.05 Å². The summed E-state index contributed by atoms with van der Waals surface area (Å²) >= 11 is 0. The molecule has 1 fully saturated rings. The molecule has 2 amide bonds. The van der Waals surface area contributed by atoms with E-state index in [2.05, 4.69) is 20.8 Å². The van der Waals surface area contributed by atoms with Crippen molar-refractivity contribution in [3.05, 3.63) is 12.2 Å². The Kier molecular flexibility index (Phi) is 4.44. The molecule has 8 nitrogen and oxygen atoms in total. The maximum Gasteiger partial charge on any atom is 0.329 e. The predicted octanol–water partition coefficient (Wildman–Crippen LogP) is 0.963. The summed E-state index contributed by atoms with van der Waals surface area (Å²) in [5.74, 6) is -0.359. The molecule has 0 saturated heterocycles. The van der Waals surface area contributed by atoms with Gasteiger partial charge in [0.15, 0.2) is 5.82 Å². The molecular weight excluding hydrogens is 274 g/mol. The number of carbonyl (C=O) groups is 2. The second kappa shape index (κ2) is 6.11. The highest BCUT2D eigenvalue weighted by Crippen LogP contribution is 2.28. The lowest BCUT2D eigenvalue weighted by Gasteiger charge is -2.34. The van der Waals surface area contributed by atoms with E-state index in [4.69, 9.17) is 0 Å². The largest absolute Gasteiger partial charge is 0.480 e. The van der Waals surface area contributed by atoms with Crippen molar-refractivity contribution in [2.75, 3.05) is 0 Å². The molecule has 21 heavy (non-hydrogen) atoms. The van der Waals surface area contributed by atoms with Gasteiger partial charge in [0.25, 0.3) is 0 Å². The molecule has 1 unspecified atom stereocenters. The maximum atomic E-state index is 12.1. The van der Waals surface area contributed by atoms with Crippen LogP contribution in [0, 0.1) is 0 Å². The summed E-state index contributed by atoms with van der Waals surface area (Å²) in [5.41, 5.74) is -1.15. The first-order valence-corrected chi connectivity index (χ1v) is 7.10. The highest BCUT2D eigenvalue weighted by atomic mass is 16.4. The van der Waals surface area contributed by atoms with Gasteiger partial charge in [-0.25, -0.2) is 9.59 Å². The highest BCUT2D eigenvalue weighted by Gasteiger charge is 2.41. The quantitative estimate of drug-likeness (QED) is 0.766. The van der Waals surface area contributed by atoms with Crippen molar-refractivity contribution in [1.82, 2.24) is 25.4 Å². The van der Waals surface area contributed by atoms with Crippen LogP contribution in [0.5, 0.6) is 0 Å². The van der Waals surface area contributed by atoms with Crippen LogP contribution in [-0.2, 0) is 11.8 Å². The van der Waals surface area contributed by atoms with Crippen LogP contribution in [-0.4, -0.2) is 37.4 Å². The van der Waals surface area contributed by atoms with E-state index in [0.29, 0.717) is 18.7 Å². The minimum absolute atomic E-state index is 0.355. The molecule has 1 aromatic heterocycles. The number of carboxylic acid groups (broad SMARTS) is 1. The Morgan fingerprint density at radius 2 is 2.05 bits per heavy atom. The Bertz CT molecular complexity index is 522. The summed E-state index contributed by atoms with van der Waals surface area (Å²) in [5, 5.41) is 22.5. The Balaban J connectivity index is 2.00. The van der Waals surface area contributed by atoms with Crippen LogP contribution in [0.2, 0.25) is 0 Å². The number of aliphatic carboxylic acids is 1. The molecule has 0 aliphatic heterocycles. The second-order valence-electron chi connectivity index (χ2n) is 5.57. The number of hydrogen-bond acceptors (Lipinski definition) is 4. The first-order valence-electron chi connectivity index (χ1n) is 7.10. The minimum atomic E-state index is -1.15. The molecule has 8 heteroatoms. The summed E-state index contributed by atoms with van der Waals surface area (Å²) in [6.07, 6.45) is 5.11. The van der Waals surface area contributed by atoms with Crippen LogP contribution in [0.15, 0.2) is 6.33 Å². The monoisotopic (exact) mass is 295 g/mol. The number of hydrogen-bond donors (Lipinski definition) is 3. The Morgan fingerprint density at radius 3 is 2.57 bits per heavy atom. The average molecular weight is 295 g/mol. The fraction of sp³-hybridized carbons (Fsp3) is 0.692. The fourth-order valence-corrected chi connectivity index (χ4v) is 2.75. The zero-order valence-electron chi connectivity index (χ0n) is 12.3. The van der Waals surface area contributed by atoms with Gasteiger partial charge in [-0.05, 0) is 19.8 Å². The number of nitrogens with one attached hydrogen (secondary N) is 2. The number of carbonyl (C=O) groups excluding carboxylic acids is 1. The van der Waals surface area contributed by atoms with E-state index in [1.807, 2.05) is 0 Å². The van der Waals surface area contributed by atoms with Gasteiger partial charge in [-0.15, -0.1) is 10.2 Å². The van der Waals surface area contributed by atoms with Crippen LogP contribution in [0.1, 0.15) is 50.9 Å². The van der Waals surface area contributed by atoms with Crippen molar-refractivity contribution in [3.8, 4) is 0 Å². The number of aromatic nitrogens is 3. The van der Waals surface area contributed by atoms with Crippen molar-refractivity contribution in [3.63, 3.8) is 0 Å². The van der Waals surface area contributed by atoms with Gasteiger partial charge >= 0.3 is 12.0 Å². The van der Waals surface area contributed by atoms with Crippen molar-refractivity contribution in [1.29, 1.82) is 0 Å². The first kappa shape index (κ1) is 15.3. The van der Waals surface area contributed by atoms with E-state index >= 15 is 0 Å². The summed E-state index contributed by atoms with van der Waals surface area (Å²) in [4.78, 5) is 23.6. The highest BCUT2D eigenvalue weighted by molar-refractivity contribution is 5.86. The number of urea groups is 1. The third kappa shape index (κ3) is 3.32. The lowest BCUT2D eigenvalue weighted by Crippen LogP contribution is -2.58. The SMILES string of the molecule is CC(NC(=O)NC1(C(=O)O)CCCCC1)c1nncn1C. The number of amides is 2. The van der Waals surface area contributed by atoms with Gasteiger partial charge in [0.2, 0.25) is 0 Å². The van der Waals surface area contributed by atoms with Crippen LogP contribution in [0.3, 0.4) is 0 Å². The van der Waals surface area contributed by atoms with Crippen molar-refractivity contribution in [2.45, 2.75) is 50.6 Å². The molecular formula is C13H21N5O3. The van der Waals surface area contributed by atoms with Crippen LogP contribution < -0.4 is 10.6 Å². The molecule has 1 saturated carbocycles. The van der Waals surface area contributed by atoms with E-state index in [-0.39, 0.29) is 6.04 Å². The molecule has 116 valence electrons. The van der Waals surface area contributed by atoms with E-state index in [1.54, 1.807) is 24.9 Å². The number of aryl methyl sites for hydroxylation is 1. The topological polar surface area (TPSA) is 109 Å². The average Bonchev–Trinajstić information content (AvgIpc) is 2.85. The Hall–Kier alpha value is -2.12. The number of rotatable bonds is 4. The van der Waals surface area contributed by atoms with Crippen LogP contribution in [0.4, 0.5) is 4.79 Å². The number of nitrogens with zero attached hydrogens (tertiary/aromatic N) is 3. The molecule has 0 bridgehead atoms. The summed E-state index contributed by atoms with van der Waals surface area (Å²) in [6, 6.07) is -0.846. The van der Waals surface area contributed by atoms with E-state index in [0.717, 1.165) is 19.3 Å². The Morgan fingerprint density at radius 1 is 1.38 bits per heavy atom. The lowest BCUT2D eigenvalue weighted by atomic mass is 9.82. The predicted molar refractivity (Wildman–Crippen MR) is 74.5 cm³/mol. The molecule has 1 heterocycles. The van der Waals surface area contributed by atoms with Crippen molar-refractivity contribution < 1.29 is 14.7 Å². The van der Waals surface area contributed by atoms with Gasteiger partial charge in [0.1, 0.15) is 11.9 Å². The van der Waals surface area contributed by atoms with Gasteiger partial charge < -0.3 is 20.3 Å². The third-order valence-electron chi connectivity index (χ3n) is 3.95. The first-order chi connectivity index (χ1) is 9.94. The second-order valence-corrected chi connectivity index (χ2v) is 5.57. The Labute approximate surface area is 122 Å². The van der Waals surface area contributed by atoms with Gasteiger partial charge in [-0.1, -0.05) is 19.3 Å². The maximum absolute atomic E-state index is 12.1.